The van der Waals surface area contributed by atoms with Crippen molar-refractivity contribution in [3.8, 4) is 0 Å². The van der Waals surface area contributed by atoms with Crippen LogP contribution in [0.25, 0.3) is 0 Å². The van der Waals surface area contributed by atoms with Crippen molar-refractivity contribution < 1.29 is 18.5 Å². The highest BCUT2D eigenvalue weighted by molar-refractivity contribution is 5.92. The van der Waals surface area contributed by atoms with Gasteiger partial charge in [-0.15, -0.1) is 0 Å². The minimum absolute atomic E-state index is 0.202. The highest BCUT2D eigenvalue weighted by atomic mass is 16.5. The minimum atomic E-state index is -0.308. The van der Waals surface area contributed by atoms with Crippen LogP contribution < -0.4 is 5.32 Å². The van der Waals surface area contributed by atoms with E-state index in [1.54, 1.807) is 25.5 Å². The Labute approximate surface area is 123 Å². The quantitative estimate of drug-likeness (QED) is 0.916. The number of hydrogen-bond donors (Lipinski definition) is 1. The lowest BCUT2D eigenvalue weighted by Gasteiger charge is -2.29. The van der Waals surface area contributed by atoms with Gasteiger partial charge in [-0.05, 0) is 17.5 Å². The Morgan fingerprint density at radius 2 is 2.24 bits per heavy atom. The highest BCUT2D eigenvalue weighted by Crippen LogP contribution is 2.33. The van der Waals surface area contributed by atoms with Crippen LogP contribution in [-0.4, -0.2) is 18.2 Å². The zero-order valence-corrected chi connectivity index (χ0v) is 12.7. The Balaban J connectivity index is 2.14. The van der Waals surface area contributed by atoms with Crippen LogP contribution in [0.4, 0.5) is 0 Å². The zero-order valence-electron chi connectivity index (χ0n) is 12.7. The molecule has 0 spiro atoms. The maximum absolute atomic E-state index is 12.3. The van der Waals surface area contributed by atoms with Crippen LogP contribution in [0, 0.1) is 5.41 Å². The fourth-order valence-electron chi connectivity index (χ4n) is 2.01. The third-order valence-corrected chi connectivity index (χ3v) is 3.05. The Morgan fingerprint density at radius 1 is 1.48 bits per heavy atom. The first kappa shape index (κ1) is 15.3. The lowest BCUT2D eigenvalue weighted by molar-refractivity contribution is 0.0879. The van der Waals surface area contributed by atoms with E-state index in [4.69, 9.17) is 13.7 Å². The van der Waals surface area contributed by atoms with Crippen molar-refractivity contribution in [2.45, 2.75) is 33.4 Å². The summed E-state index contributed by atoms with van der Waals surface area (Å²) in [6.07, 6.45) is 1.59. The van der Waals surface area contributed by atoms with Gasteiger partial charge >= 0.3 is 0 Å². The topological polar surface area (TPSA) is 77.5 Å². The molecule has 0 bridgehead atoms. The Morgan fingerprint density at radius 3 is 2.81 bits per heavy atom. The number of nitrogens with zero attached hydrogens (tertiary/aromatic N) is 1. The molecule has 2 aromatic rings. The van der Waals surface area contributed by atoms with Crippen molar-refractivity contribution in [3.05, 3.63) is 41.7 Å². The SMILES string of the molecule is COCc1cc(C(=O)N[C@@H](c2ccco2)C(C)(C)C)no1. The molecule has 0 aliphatic rings. The average molecular weight is 292 g/mol. The molecular formula is C15H20N2O4. The summed E-state index contributed by atoms with van der Waals surface area (Å²) in [6.45, 7) is 6.36. The molecule has 0 aliphatic carbocycles. The average Bonchev–Trinajstić information content (AvgIpc) is 3.05. The molecule has 0 saturated carbocycles. The smallest absolute Gasteiger partial charge is 0.274 e. The zero-order chi connectivity index (χ0) is 15.5. The molecule has 0 fully saturated rings. The van der Waals surface area contributed by atoms with Crippen LogP contribution in [0.1, 0.15) is 48.8 Å². The van der Waals surface area contributed by atoms with Gasteiger partial charge in [0.25, 0.3) is 5.91 Å². The largest absolute Gasteiger partial charge is 0.467 e. The number of carbonyl (C=O) groups excluding carboxylic acids is 1. The number of methoxy groups -OCH3 is 1. The molecule has 0 saturated heterocycles. The van der Waals surface area contributed by atoms with Crippen molar-refractivity contribution in [1.82, 2.24) is 10.5 Å². The molecule has 2 aromatic heterocycles. The van der Waals surface area contributed by atoms with Gasteiger partial charge in [-0.3, -0.25) is 4.79 Å². The molecule has 114 valence electrons. The predicted octanol–water partition coefficient (Wildman–Crippen LogP) is 2.93. The number of amides is 1. The van der Waals surface area contributed by atoms with Gasteiger partial charge in [-0.25, -0.2) is 0 Å². The number of rotatable bonds is 5. The van der Waals surface area contributed by atoms with Gasteiger partial charge in [0, 0.05) is 13.2 Å². The molecule has 1 atom stereocenters. The van der Waals surface area contributed by atoms with Crippen LogP contribution >= 0.6 is 0 Å². The van der Waals surface area contributed by atoms with Crippen LogP contribution in [-0.2, 0) is 11.3 Å². The molecule has 0 aromatic carbocycles. The minimum Gasteiger partial charge on any atom is -0.467 e. The fraction of sp³-hybridized carbons (Fsp3) is 0.467. The van der Waals surface area contributed by atoms with Crippen molar-refractivity contribution in [3.63, 3.8) is 0 Å². The van der Waals surface area contributed by atoms with Gasteiger partial charge in [0.1, 0.15) is 12.4 Å². The number of nitrogens with one attached hydrogen (secondary N) is 1. The normalized spacial score (nSPS) is 13.1. The summed E-state index contributed by atoms with van der Waals surface area (Å²) in [7, 11) is 1.55. The Kier molecular flexibility index (Phi) is 4.47. The molecule has 2 rings (SSSR count). The van der Waals surface area contributed by atoms with Crippen LogP contribution in [0.3, 0.4) is 0 Å². The van der Waals surface area contributed by atoms with Gasteiger partial charge in [-0.2, -0.15) is 0 Å². The van der Waals surface area contributed by atoms with E-state index in [-0.39, 0.29) is 29.7 Å². The number of carbonyl (C=O) groups is 1. The standard InChI is InChI=1S/C15H20N2O4/c1-15(2,3)13(12-6-5-7-20-12)16-14(18)11-8-10(9-19-4)21-17-11/h5-8,13H,9H2,1-4H3,(H,16,18)/t13-/m0/s1. The Hall–Kier alpha value is -2.08. The van der Waals surface area contributed by atoms with Crippen molar-refractivity contribution in [1.29, 1.82) is 0 Å². The molecule has 0 aliphatic heterocycles. The lowest BCUT2D eigenvalue weighted by Crippen LogP contribution is -2.36. The third-order valence-electron chi connectivity index (χ3n) is 3.05. The molecule has 1 amide bonds. The maximum atomic E-state index is 12.3. The molecule has 6 heteroatoms. The van der Waals surface area contributed by atoms with E-state index in [2.05, 4.69) is 10.5 Å². The van der Waals surface area contributed by atoms with Gasteiger partial charge in [0.05, 0.1) is 12.3 Å². The molecule has 1 N–H and O–H groups in total. The first-order valence-corrected chi connectivity index (χ1v) is 6.70. The van der Waals surface area contributed by atoms with E-state index in [1.807, 2.05) is 26.8 Å². The number of aromatic nitrogens is 1. The van der Waals surface area contributed by atoms with E-state index in [0.29, 0.717) is 11.5 Å². The van der Waals surface area contributed by atoms with Gasteiger partial charge in [0.15, 0.2) is 11.5 Å². The van der Waals surface area contributed by atoms with Crippen LogP contribution in [0.5, 0.6) is 0 Å². The van der Waals surface area contributed by atoms with E-state index in [0.717, 1.165) is 0 Å². The summed E-state index contributed by atoms with van der Waals surface area (Å²) in [4.78, 5) is 12.3. The van der Waals surface area contributed by atoms with Crippen LogP contribution in [0.15, 0.2) is 33.4 Å². The van der Waals surface area contributed by atoms with Crippen LogP contribution in [0.2, 0.25) is 0 Å². The van der Waals surface area contributed by atoms with Crippen molar-refractivity contribution >= 4 is 5.91 Å². The second-order valence-corrected chi connectivity index (χ2v) is 5.90. The summed E-state index contributed by atoms with van der Waals surface area (Å²) >= 11 is 0. The van der Waals surface area contributed by atoms with Crippen molar-refractivity contribution in [2.75, 3.05) is 7.11 Å². The first-order valence-electron chi connectivity index (χ1n) is 6.70. The van der Waals surface area contributed by atoms with E-state index >= 15 is 0 Å². The van der Waals surface area contributed by atoms with Gasteiger partial charge in [0.2, 0.25) is 0 Å². The number of hydrogen-bond acceptors (Lipinski definition) is 5. The van der Waals surface area contributed by atoms with E-state index < -0.39 is 0 Å². The molecular weight excluding hydrogens is 272 g/mol. The fourth-order valence-corrected chi connectivity index (χ4v) is 2.01. The predicted molar refractivity (Wildman–Crippen MR) is 75.6 cm³/mol. The van der Waals surface area contributed by atoms with E-state index in [9.17, 15) is 4.79 Å². The molecule has 0 radical (unpaired) electrons. The highest BCUT2D eigenvalue weighted by Gasteiger charge is 2.31. The molecule has 21 heavy (non-hydrogen) atoms. The van der Waals surface area contributed by atoms with Gasteiger partial charge in [-0.1, -0.05) is 25.9 Å². The number of furan rings is 1. The monoisotopic (exact) mass is 292 g/mol. The summed E-state index contributed by atoms with van der Waals surface area (Å²) in [6, 6.07) is 4.95. The maximum Gasteiger partial charge on any atom is 0.274 e. The van der Waals surface area contributed by atoms with E-state index in [1.165, 1.54) is 0 Å². The number of ether oxygens (including phenoxy) is 1. The molecule has 0 unspecified atom stereocenters. The first-order chi connectivity index (χ1) is 9.91. The molecule has 2 heterocycles. The van der Waals surface area contributed by atoms with Gasteiger partial charge < -0.3 is 19.0 Å². The third kappa shape index (κ3) is 3.72. The second-order valence-electron chi connectivity index (χ2n) is 5.90. The summed E-state index contributed by atoms with van der Waals surface area (Å²) in [5.74, 6) is 0.904. The summed E-state index contributed by atoms with van der Waals surface area (Å²) in [5, 5.41) is 6.69. The summed E-state index contributed by atoms with van der Waals surface area (Å²) in [5.41, 5.74) is 0.0231. The Bertz CT molecular complexity index is 581. The summed E-state index contributed by atoms with van der Waals surface area (Å²) < 4.78 is 15.4. The molecule has 6 nitrogen and oxygen atoms in total. The van der Waals surface area contributed by atoms with Crippen molar-refractivity contribution in [2.24, 2.45) is 5.41 Å². The second kappa shape index (κ2) is 6.13. The lowest BCUT2D eigenvalue weighted by atomic mass is 9.85.